The maximum atomic E-state index is 12.6. The fourth-order valence-electron chi connectivity index (χ4n) is 2.65. The molecular weight excluding hydrogens is 290 g/mol. The number of fused-ring (bicyclic) bond motifs is 3. The van der Waals surface area contributed by atoms with Gasteiger partial charge in [0.1, 0.15) is 5.75 Å². The van der Waals surface area contributed by atoms with Crippen LogP contribution in [-0.2, 0) is 0 Å². The standard InChI is InChI=1S/C18H13N3O2/c1-11-6-7-16(22)13(8-11)18(23)12-9-17-20-14-4-2-3-5-15(14)21(17)19-10-12/h2-10,22H,1H3. The molecule has 0 spiro atoms. The normalized spacial score (nSPS) is 11.2. The monoisotopic (exact) mass is 303 g/mol. The molecule has 2 aromatic carbocycles. The SMILES string of the molecule is Cc1ccc(O)c(C(=O)c2cnn3c(c2)nc2ccccc23)c1. The van der Waals surface area contributed by atoms with Crippen molar-refractivity contribution in [3.8, 4) is 5.75 Å². The molecule has 2 heterocycles. The highest BCUT2D eigenvalue weighted by Crippen LogP contribution is 2.23. The zero-order chi connectivity index (χ0) is 16.0. The predicted molar refractivity (Wildman–Crippen MR) is 86.8 cm³/mol. The second-order valence-corrected chi connectivity index (χ2v) is 5.46. The first-order chi connectivity index (χ1) is 11.1. The van der Waals surface area contributed by atoms with Gasteiger partial charge in [0.2, 0.25) is 0 Å². The molecule has 0 saturated heterocycles. The van der Waals surface area contributed by atoms with E-state index in [4.69, 9.17) is 0 Å². The lowest BCUT2D eigenvalue weighted by atomic mass is 10.0. The molecule has 0 aliphatic carbocycles. The van der Waals surface area contributed by atoms with Crippen molar-refractivity contribution in [2.24, 2.45) is 0 Å². The van der Waals surface area contributed by atoms with Crippen molar-refractivity contribution in [2.45, 2.75) is 6.92 Å². The van der Waals surface area contributed by atoms with Crippen molar-refractivity contribution in [1.29, 1.82) is 0 Å². The number of hydrogen-bond acceptors (Lipinski definition) is 4. The lowest BCUT2D eigenvalue weighted by Gasteiger charge is -2.05. The van der Waals surface area contributed by atoms with E-state index in [1.807, 2.05) is 31.2 Å². The lowest BCUT2D eigenvalue weighted by Crippen LogP contribution is -2.05. The van der Waals surface area contributed by atoms with Gasteiger partial charge in [-0.25, -0.2) is 9.50 Å². The van der Waals surface area contributed by atoms with Gasteiger partial charge in [0, 0.05) is 5.56 Å². The summed E-state index contributed by atoms with van der Waals surface area (Å²) in [5, 5.41) is 14.3. The third kappa shape index (κ3) is 2.14. The summed E-state index contributed by atoms with van der Waals surface area (Å²) in [7, 11) is 0. The number of rotatable bonds is 2. The molecule has 5 heteroatoms. The van der Waals surface area contributed by atoms with Crippen LogP contribution >= 0.6 is 0 Å². The lowest BCUT2D eigenvalue weighted by molar-refractivity contribution is 0.103. The van der Waals surface area contributed by atoms with Crippen LogP contribution < -0.4 is 0 Å². The highest BCUT2D eigenvalue weighted by Gasteiger charge is 2.16. The minimum atomic E-state index is -0.270. The number of aromatic hydroxyl groups is 1. The number of aryl methyl sites for hydroxylation is 1. The number of carbonyl (C=O) groups is 1. The fourth-order valence-corrected chi connectivity index (χ4v) is 2.65. The molecule has 0 amide bonds. The number of phenolic OH excluding ortho intramolecular Hbond substituents is 1. The predicted octanol–water partition coefficient (Wildman–Crippen LogP) is 3.13. The van der Waals surface area contributed by atoms with Gasteiger partial charge in [-0.2, -0.15) is 5.10 Å². The minimum absolute atomic E-state index is 0.0334. The largest absolute Gasteiger partial charge is 0.507 e. The van der Waals surface area contributed by atoms with E-state index in [9.17, 15) is 9.90 Å². The maximum Gasteiger partial charge on any atom is 0.198 e. The van der Waals surface area contributed by atoms with E-state index in [2.05, 4.69) is 10.1 Å². The quantitative estimate of drug-likeness (QED) is 0.578. The van der Waals surface area contributed by atoms with Crippen LogP contribution in [0.3, 0.4) is 0 Å². The van der Waals surface area contributed by atoms with Crippen LogP contribution in [0, 0.1) is 6.92 Å². The molecule has 0 unspecified atom stereocenters. The number of imidazole rings is 1. The molecule has 23 heavy (non-hydrogen) atoms. The summed E-state index contributed by atoms with van der Waals surface area (Å²) in [4.78, 5) is 17.1. The summed E-state index contributed by atoms with van der Waals surface area (Å²) in [5.74, 6) is -0.303. The van der Waals surface area contributed by atoms with Crippen LogP contribution in [-0.4, -0.2) is 25.5 Å². The van der Waals surface area contributed by atoms with Gasteiger partial charge in [0.15, 0.2) is 11.4 Å². The van der Waals surface area contributed by atoms with E-state index >= 15 is 0 Å². The van der Waals surface area contributed by atoms with E-state index in [1.54, 1.807) is 22.7 Å². The first kappa shape index (κ1) is 13.5. The molecule has 4 aromatic rings. The summed E-state index contributed by atoms with van der Waals surface area (Å²) in [6.07, 6.45) is 1.51. The molecule has 0 aliphatic heterocycles. The molecule has 5 nitrogen and oxygen atoms in total. The zero-order valence-electron chi connectivity index (χ0n) is 12.4. The summed E-state index contributed by atoms with van der Waals surface area (Å²) in [6, 6.07) is 14.3. The van der Waals surface area contributed by atoms with Crippen molar-refractivity contribution in [2.75, 3.05) is 0 Å². The Morgan fingerprint density at radius 3 is 2.83 bits per heavy atom. The van der Waals surface area contributed by atoms with Gasteiger partial charge < -0.3 is 5.11 Å². The molecular formula is C18H13N3O2. The number of ketones is 1. The van der Waals surface area contributed by atoms with E-state index in [-0.39, 0.29) is 17.1 Å². The number of hydrogen-bond donors (Lipinski definition) is 1. The first-order valence-electron chi connectivity index (χ1n) is 7.21. The van der Waals surface area contributed by atoms with Crippen LogP contribution in [0.15, 0.2) is 54.7 Å². The number of benzene rings is 2. The van der Waals surface area contributed by atoms with Crippen LogP contribution in [0.4, 0.5) is 0 Å². The second-order valence-electron chi connectivity index (χ2n) is 5.46. The van der Waals surface area contributed by atoms with Gasteiger partial charge in [-0.3, -0.25) is 4.79 Å². The van der Waals surface area contributed by atoms with E-state index in [1.165, 1.54) is 12.3 Å². The first-order valence-corrected chi connectivity index (χ1v) is 7.21. The Hall–Kier alpha value is -3.21. The molecule has 2 aromatic heterocycles. The summed E-state index contributed by atoms with van der Waals surface area (Å²) in [6.45, 7) is 1.87. The Balaban J connectivity index is 1.87. The third-order valence-electron chi connectivity index (χ3n) is 3.82. The van der Waals surface area contributed by atoms with Crippen molar-refractivity contribution in [3.63, 3.8) is 0 Å². The number of nitrogens with zero attached hydrogens (tertiary/aromatic N) is 3. The van der Waals surface area contributed by atoms with Crippen LogP contribution in [0.2, 0.25) is 0 Å². The highest BCUT2D eigenvalue weighted by molar-refractivity contribution is 6.11. The van der Waals surface area contributed by atoms with Crippen molar-refractivity contribution in [1.82, 2.24) is 14.6 Å². The minimum Gasteiger partial charge on any atom is -0.507 e. The smallest absolute Gasteiger partial charge is 0.198 e. The Bertz CT molecular complexity index is 1070. The molecule has 0 aliphatic rings. The molecule has 1 N–H and O–H groups in total. The molecule has 4 rings (SSSR count). The van der Waals surface area contributed by atoms with Crippen molar-refractivity contribution >= 4 is 22.5 Å². The molecule has 0 bridgehead atoms. The Morgan fingerprint density at radius 1 is 1.13 bits per heavy atom. The van der Waals surface area contributed by atoms with Gasteiger partial charge in [0.25, 0.3) is 0 Å². The van der Waals surface area contributed by atoms with Crippen molar-refractivity contribution in [3.05, 3.63) is 71.4 Å². The molecule has 0 radical (unpaired) electrons. The summed E-state index contributed by atoms with van der Waals surface area (Å²) < 4.78 is 1.70. The van der Waals surface area contributed by atoms with Gasteiger partial charge in [0.05, 0.1) is 22.8 Å². The second kappa shape index (κ2) is 4.91. The molecule has 0 atom stereocenters. The maximum absolute atomic E-state index is 12.6. The topological polar surface area (TPSA) is 67.5 Å². The highest BCUT2D eigenvalue weighted by atomic mass is 16.3. The molecule has 0 fully saturated rings. The third-order valence-corrected chi connectivity index (χ3v) is 3.82. The van der Waals surface area contributed by atoms with Gasteiger partial charge >= 0.3 is 0 Å². The van der Waals surface area contributed by atoms with Gasteiger partial charge in [-0.1, -0.05) is 23.8 Å². The number of para-hydroxylation sites is 2. The number of aromatic nitrogens is 3. The summed E-state index contributed by atoms with van der Waals surface area (Å²) >= 11 is 0. The number of phenols is 1. The Labute approximate surface area is 131 Å². The fraction of sp³-hybridized carbons (Fsp3) is 0.0556. The molecule has 0 saturated carbocycles. The van der Waals surface area contributed by atoms with E-state index in [0.717, 1.165) is 16.6 Å². The van der Waals surface area contributed by atoms with Crippen molar-refractivity contribution < 1.29 is 9.90 Å². The number of carbonyl (C=O) groups excluding carboxylic acids is 1. The summed E-state index contributed by atoms with van der Waals surface area (Å²) in [5.41, 5.74) is 3.89. The van der Waals surface area contributed by atoms with Crippen LogP contribution in [0.5, 0.6) is 5.75 Å². The Morgan fingerprint density at radius 2 is 1.96 bits per heavy atom. The Kier molecular flexibility index (Phi) is 2.87. The average molecular weight is 303 g/mol. The van der Waals surface area contributed by atoms with Gasteiger partial charge in [-0.05, 0) is 37.3 Å². The average Bonchev–Trinajstić information content (AvgIpc) is 2.94. The molecule has 112 valence electrons. The van der Waals surface area contributed by atoms with Crippen LogP contribution in [0.25, 0.3) is 16.7 Å². The van der Waals surface area contributed by atoms with Crippen LogP contribution in [0.1, 0.15) is 21.5 Å². The van der Waals surface area contributed by atoms with E-state index in [0.29, 0.717) is 11.2 Å². The zero-order valence-corrected chi connectivity index (χ0v) is 12.4. The van der Waals surface area contributed by atoms with Gasteiger partial charge in [-0.15, -0.1) is 0 Å². The van der Waals surface area contributed by atoms with E-state index < -0.39 is 0 Å².